The highest BCUT2D eigenvalue weighted by Crippen LogP contribution is 2.21. The van der Waals surface area contributed by atoms with Gasteiger partial charge in [-0.15, -0.1) is 0 Å². The van der Waals surface area contributed by atoms with Crippen LogP contribution in [0.4, 0.5) is 5.69 Å². The van der Waals surface area contributed by atoms with Crippen LogP contribution in [0.2, 0.25) is 0 Å². The smallest absolute Gasteiger partial charge is 0.253 e. The lowest BCUT2D eigenvalue weighted by atomic mass is 10.2. The molecule has 0 saturated heterocycles. The van der Waals surface area contributed by atoms with E-state index in [9.17, 15) is 4.79 Å². The summed E-state index contributed by atoms with van der Waals surface area (Å²) < 4.78 is 10.1. The molecule has 1 atom stereocenters. The van der Waals surface area contributed by atoms with Crippen molar-refractivity contribution in [3.63, 3.8) is 0 Å². The lowest BCUT2D eigenvalue weighted by molar-refractivity contribution is -0.124. The Morgan fingerprint density at radius 2 is 2.06 bits per heavy atom. The Kier molecular flexibility index (Phi) is 4.31. The highest BCUT2D eigenvalue weighted by Gasteiger charge is 2.11. The topological polar surface area (TPSA) is 47.6 Å². The molecule has 1 unspecified atom stereocenters. The van der Waals surface area contributed by atoms with E-state index in [0.717, 1.165) is 17.0 Å². The van der Waals surface area contributed by atoms with Gasteiger partial charge in [-0.1, -0.05) is 0 Å². The molecule has 1 aromatic rings. The number of amides is 1. The number of benzene rings is 1. The maximum absolute atomic E-state index is 11.5. The summed E-state index contributed by atoms with van der Waals surface area (Å²) >= 11 is 0. The fourth-order valence-corrected chi connectivity index (χ4v) is 1.31. The molecule has 0 aliphatic rings. The summed E-state index contributed by atoms with van der Waals surface area (Å²) in [6, 6.07) is 5.48. The van der Waals surface area contributed by atoms with Gasteiger partial charge >= 0.3 is 0 Å². The van der Waals surface area contributed by atoms with E-state index in [-0.39, 0.29) is 5.91 Å². The molecule has 0 aromatic heterocycles. The van der Waals surface area contributed by atoms with Gasteiger partial charge in [-0.3, -0.25) is 4.79 Å². The summed E-state index contributed by atoms with van der Waals surface area (Å²) in [6.45, 7) is 3.62. The van der Waals surface area contributed by atoms with E-state index in [1.807, 2.05) is 19.1 Å². The van der Waals surface area contributed by atoms with Crippen LogP contribution in [0, 0.1) is 6.92 Å². The molecule has 1 N–H and O–H groups in total. The number of anilines is 1. The lowest BCUT2D eigenvalue weighted by Crippen LogP contribution is -2.26. The summed E-state index contributed by atoms with van der Waals surface area (Å²) in [7, 11) is 3.12. The van der Waals surface area contributed by atoms with Crippen molar-refractivity contribution in [3.05, 3.63) is 23.8 Å². The van der Waals surface area contributed by atoms with Crippen LogP contribution < -0.4 is 10.1 Å². The minimum absolute atomic E-state index is 0.160. The molecule has 4 nitrogen and oxygen atoms in total. The van der Waals surface area contributed by atoms with Gasteiger partial charge < -0.3 is 14.8 Å². The van der Waals surface area contributed by atoms with Crippen molar-refractivity contribution in [2.24, 2.45) is 0 Å². The maximum Gasteiger partial charge on any atom is 0.253 e. The summed E-state index contributed by atoms with van der Waals surface area (Å²) in [5.74, 6) is 0.643. The molecule has 0 heterocycles. The van der Waals surface area contributed by atoms with Crippen molar-refractivity contribution in [3.8, 4) is 5.75 Å². The van der Waals surface area contributed by atoms with Crippen molar-refractivity contribution in [1.29, 1.82) is 0 Å². The van der Waals surface area contributed by atoms with Crippen LogP contribution in [0.25, 0.3) is 0 Å². The second-order valence-corrected chi connectivity index (χ2v) is 3.55. The SMILES string of the molecule is COc1ccc(NC(=O)C(C)OC)cc1C. The van der Waals surface area contributed by atoms with Crippen molar-refractivity contribution in [2.75, 3.05) is 19.5 Å². The molecule has 4 heteroatoms. The molecule has 88 valence electrons. The monoisotopic (exact) mass is 223 g/mol. The average molecular weight is 223 g/mol. The highest BCUT2D eigenvalue weighted by atomic mass is 16.5. The average Bonchev–Trinajstić information content (AvgIpc) is 2.28. The number of rotatable bonds is 4. The third-order valence-corrected chi connectivity index (χ3v) is 2.39. The minimum Gasteiger partial charge on any atom is -0.496 e. The third kappa shape index (κ3) is 2.97. The van der Waals surface area contributed by atoms with E-state index in [2.05, 4.69) is 5.32 Å². The Morgan fingerprint density at radius 1 is 1.38 bits per heavy atom. The Bertz CT molecular complexity index is 377. The van der Waals surface area contributed by atoms with Crippen molar-refractivity contribution >= 4 is 11.6 Å². The molecule has 0 aliphatic heterocycles. The van der Waals surface area contributed by atoms with E-state index in [1.54, 1.807) is 20.1 Å². The second kappa shape index (κ2) is 5.51. The predicted molar refractivity (Wildman–Crippen MR) is 62.8 cm³/mol. The van der Waals surface area contributed by atoms with Gasteiger partial charge in [-0.2, -0.15) is 0 Å². The number of hydrogen-bond acceptors (Lipinski definition) is 3. The Labute approximate surface area is 95.6 Å². The zero-order valence-corrected chi connectivity index (χ0v) is 10.0. The zero-order chi connectivity index (χ0) is 12.1. The molecule has 0 aliphatic carbocycles. The van der Waals surface area contributed by atoms with E-state index in [4.69, 9.17) is 9.47 Å². The number of carbonyl (C=O) groups excluding carboxylic acids is 1. The Morgan fingerprint density at radius 3 is 2.56 bits per heavy atom. The molecule has 1 rings (SSSR count). The fraction of sp³-hybridized carbons (Fsp3) is 0.417. The number of carbonyl (C=O) groups is 1. The number of nitrogens with one attached hydrogen (secondary N) is 1. The molecule has 0 bridgehead atoms. The van der Waals surface area contributed by atoms with E-state index in [1.165, 1.54) is 7.11 Å². The molecular weight excluding hydrogens is 206 g/mol. The summed E-state index contributed by atoms with van der Waals surface area (Å²) in [5.41, 5.74) is 1.72. The van der Waals surface area contributed by atoms with Crippen LogP contribution in [0.1, 0.15) is 12.5 Å². The van der Waals surface area contributed by atoms with E-state index >= 15 is 0 Å². The van der Waals surface area contributed by atoms with Gasteiger partial charge in [0.1, 0.15) is 11.9 Å². The molecular formula is C12H17NO3. The fourth-order valence-electron chi connectivity index (χ4n) is 1.31. The number of hydrogen-bond donors (Lipinski definition) is 1. The predicted octanol–water partition coefficient (Wildman–Crippen LogP) is 1.98. The van der Waals surface area contributed by atoms with Crippen LogP contribution in [0.15, 0.2) is 18.2 Å². The number of methoxy groups -OCH3 is 2. The van der Waals surface area contributed by atoms with Gasteiger partial charge in [0.2, 0.25) is 0 Å². The molecule has 0 radical (unpaired) electrons. The van der Waals surface area contributed by atoms with Crippen LogP contribution in [0.5, 0.6) is 5.75 Å². The van der Waals surface area contributed by atoms with Gasteiger partial charge in [0, 0.05) is 12.8 Å². The van der Waals surface area contributed by atoms with E-state index < -0.39 is 6.10 Å². The molecule has 0 spiro atoms. The van der Waals surface area contributed by atoms with Crippen molar-refractivity contribution in [1.82, 2.24) is 0 Å². The first-order valence-corrected chi connectivity index (χ1v) is 5.06. The van der Waals surface area contributed by atoms with Crippen molar-refractivity contribution in [2.45, 2.75) is 20.0 Å². The standard InChI is InChI=1S/C12H17NO3/c1-8-7-10(5-6-11(8)16-4)13-12(14)9(2)15-3/h5-7,9H,1-4H3,(H,13,14). The van der Waals surface area contributed by atoms with E-state index in [0.29, 0.717) is 0 Å². The molecule has 0 fully saturated rings. The van der Waals surface area contributed by atoms with Crippen LogP contribution in [-0.2, 0) is 9.53 Å². The molecule has 16 heavy (non-hydrogen) atoms. The third-order valence-electron chi connectivity index (χ3n) is 2.39. The van der Waals surface area contributed by atoms with Crippen LogP contribution in [0.3, 0.4) is 0 Å². The first-order chi connectivity index (χ1) is 7.58. The van der Waals surface area contributed by atoms with Crippen LogP contribution >= 0.6 is 0 Å². The Balaban J connectivity index is 2.75. The normalized spacial score (nSPS) is 12.0. The highest BCUT2D eigenvalue weighted by molar-refractivity contribution is 5.94. The lowest BCUT2D eigenvalue weighted by Gasteiger charge is -2.12. The van der Waals surface area contributed by atoms with Gasteiger partial charge in [0.05, 0.1) is 7.11 Å². The minimum atomic E-state index is -0.456. The van der Waals surface area contributed by atoms with Crippen LogP contribution in [-0.4, -0.2) is 26.2 Å². The quantitative estimate of drug-likeness (QED) is 0.849. The molecule has 0 saturated carbocycles. The first kappa shape index (κ1) is 12.5. The van der Waals surface area contributed by atoms with Gasteiger partial charge in [0.25, 0.3) is 5.91 Å². The van der Waals surface area contributed by atoms with Gasteiger partial charge in [-0.05, 0) is 37.6 Å². The zero-order valence-electron chi connectivity index (χ0n) is 10.0. The summed E-state index contributed by atoms with van der Waals surface area (Å²) in [6.07, 6.45) is -0.456. The molecule has 1 aromatic carbocycles. The summed E-state index contributed by atoms with van der Waals surface area (Å²) in [5, 5.41) is 2.77. The Hall–Kier alpha value is -1.55. The maximum atomic E-state index is 11.5. The largest absolute Gasteiger partial charge is 0.496 e. The van der Waals surface area contributed by atoms with Gasteiger partial charge in [-0.25, -0.2) is 0 Å². The number of aryl methyl sites for hydroxylation is 1. The second-order valence-electron chi connectivity index (χ2n) is 3.55. The molecule has 1 amide bonds. The van der Waals surface area contributed by atoms with Gasteiger partial charge in [0.15, 0.2) is 0 Å². The van der Waals surface area contributed by atoms with Crippen molar-refractivity contribution < 1.29 is 14.3 Å². The number of ether oxygens (including phenoxy) is 2. The first-order valence-electron chi connectivity index (χ1n) is 5.06. The summed E-state index contributed by atoms with van der Waals surface area (Å²) in [4.78, 5) is 11.5.